The van der Waals surface area contributed by atoms with Crippen LogP contribution in [0, 0.1) is 35.6 Å². The van der Waals surface area contributed by atoms with E-state index in [0.29, 0.717) is 0 Å². The van der Waals surface area contributed by atoms with Gasteiger partial charge in [-0.1, -0.05) is 7.43 Å². The molecule has 0 atom stereocenters. The van der Waals surface area contributed by atoms with Crippen LogP contribution in [0.15, 0.2) is 0 Å². The molecule has 0 aromatic rings. The van der Waals surface area contributed by atoms with Crippen LogP contribution in [0.25, 0.3) is 0 Å². The molecule has 0 fully saturated rings. The fourth-order valence-corrected chi connectivity index (χ4v) is 0. The third-order valence-electron chi connectivity index (χ3n) is 0. The molecule has 0 rings (SSSR count). The van der Waals surface area contributed by atoms with Crippen LogP contribution in [0.2, 0.25) is 0 Å². The van der Waals surface area contributed by atoms with Crippen LogP contribution in [-0.4, -0.2) is 0 Å². The quantitative estimate of drug-likeness (QED) is 0.687. The molecule has 0 unspecified atom stereocenters. The molecule has 0 bridgehead atoms. The van der Waals surface area contributed by atoms with Crippen LogP contribution in [0.3, 0.4) is 0 Å². The van der Waals surface area contributed by atoms with Gasteiger partial charge in [-0.2, -0.15) is 0 Å². The Morgan fingerprint density at radius 2 is 1.00 bits per heavy atom. The molecule has 0 aliphatic carbocycles. The summed E-state index contributed by atoms with van der Waals surface area (Å²) in [6.07, 6.45) is 0. The number of rotatable bonds is 0. The van der Waals surface area contributed by atoms with Gasteiger partial charge in [-0.25, -0.2) is 0 Å². The van der Waals surface area contributed by atoms with Crippen LogP contribution in [0.4, 0.5) is 0 Å². The largest absolute Gasteiger partial charge is 0.344 e. The first-order chi connectivity index (χ1) is 0. The fourth-order valence-electron chi connectivity index (χ4n) is 0. The fraction of sp³-hybridized carbons (Fsp3) is 1.00. The predicted molar refractivity (Wildman–Crippen MR) is 11.8 cm³/mol. The van der Waals surface area contributed by atoms with E-state index in [1.165, 1.54) is 0 Å². The summed E-state index contributed by atoms with van der Waals surface area (Å²) >= 11 is 0. The normalized spacial score (nSPS) is 0. The van der Waals surface area contributed by atoms with Crippen molar-refractivity contribution >= 4 is 0 Å². The van der Waals surface area contributed by atoms with E-state index in [-0.39, 0.29) is 81.9 Å². The molecule has 3 heteroatoms. The Balaban J connectivity index is 0. The maximum atomic E-state index is 0. The van der Waals surface area contributed by atoms with Gasteiger partial charge in [0.15, 0.2) is 0 Å². The number of hydrogen-bond acceptors (Lipinski definition) is 1. The molecule has 0 amide bonds. The summed E-state index contributed by atoms with van der Waals surface area (Å²) in [5.74, 6) is 0. The first-order valence-electron chi connectivity index (χ1n) is 0. The van der Waals surface area contributed by atoms with Crippen molar-refractivity contribution in [3.05, 3.63) is 0 Å². The van der Waals surface area contributed by atoms with Gasteiger partial charge in [-0.05, 0) is 0 Å². The molecule has 22 valence electrons. The van der Waals surface area contributed by atoms with Gasteiger partial charge >= 0.3 is 0 Å². The minimum absolute atomic E-state index is 0. The van der Waals surface area contributed by atoms with Crippen LogP contribution < -0.4 is 6.15 Å². The molecule has 3 N–H and O–H groups in total. The summed E-state index contributed by atoms with van der Waals surface area (Å²) in [4.78, 5) is 0. The van der Waals surface area contributed by atoms with Gasteiger partial charge < -0.3 is 6.15 Å². The minimum atomic E-state index is 0. The summed E-state index contributed by atoms with van der Waals surface area (Å²) < 4.78 is 0. The topological polar surface area (TPSA) is 35.0 Å². The van der Waals surface area contributed by atoms with Crippen LogP contribution >= 0.6 is 0 Å². The van der Waals surface area contributed by atoms with Crippen molar-refractivity contribution in [2.45, 2.75) is 7.43 Å². The van der Waals surface area contributed by atoms with Gasteiger partial charge in [0.1, 0.15) is 0 Å². The molecule has 0 aliphatic rings. The second-order valence-corrected chi connectivity index (χ2v) is 0. The molecule has 0 aliphatic heterocycles. The Hall–Kier alpha value is 2.26. The SMILES string of the molecule is C.N.[La].[Y]. The first-order valence-corrected chi connectivity index (χ1v) is 0. The molecule has 2 radical (unpaired) electrons. The number of hydrogen-bond donors (Lipinski definition) is 1. The van der Waals surface area contributed by atoms with E-state index in [1.807, 2.05) is 0 Å². The van der Waals surface area contributed by atoms with E-state index in [4.69, 9.17) is 0 Å². The first kappa shape index (κ1) is 33.9. The maximum Gasteiger partial charge on any atom is 0 e. The second-order valence-electron chi connectivity index (χ2n) is 0. The Morgan fingerprint density at radius 3 is 1.00 bits per heavy atom. The zero-order valence-corrected chi connectivity index (χ0v) is 8.33. The van der Waals surface area contributed by atoms with Crippen LogP contribution in [0.5, 0.6) is 0 Å². The Bertz CT molecular complexity index is 8.00. The van der Waals surface area contributed by atoms with Gasteiger partial charge in [0.05, 0.1) is 0 Å². The summed E-state index contributed by atoms with van der Waals surface area (Å²) in [6.45, 7) is 0. The third kappa shape index (κ3) is 8.86. The van der Waals surface area contributed by atoms with Crippen molar-refractivity contribution in [3.8, 4) is 0 Å². The van der Waals surface area contributed by atoms with E-state index in [9.17, 15) is 0 Å². The molecule has 0 aromatic heterocycles. The van der Waals surface area contributed by atoms with Gasteiger partial charge in [-0.3, -0.25) is 0 Å². The van der Waals surface area contributed by atoms with E-state index in [1.54, 1.807) is 0 Å². The minimum Gasteiger partial charge on any atom is -0.344 e. The average molecular weight is 261 g/mol. The summed E-state index contributed by atoms with van der Waals surface area (Å²) in [5.41, 5.74) is 0. The van der Waals surface area contributed by atoms with Gasteiger partial charge in [0.2, 0.25) is 0 Å². The molecule has 0 saturated heterocycles. The van der Waals surface area contributed by atoms with Gasteiger partial charge in [0, 0.05) is 68.3 Å². The monoisotopic (exact) mass is 261 g/mol. The molecule has 4 heavy (non-hydrogen) atoms. The van der Waals surface area contributed by atoms with Crippen molar-refractivity contribution < 1.29 is 68.3 Å². The van der Waals surface area contributed by atoms with E-state index >= 15 is 0 Å². The smallest absolute Gasteiger partial charge is 0 e. The van der Waals surface area contributed by atoms with Crippen molar-refractivity contribution in [3.63, 3.8) is 0 Å². The van der Waals surface area contributed by atoms with Crippen LogP contribution in [0.1, 0.15) is 7.43 Å². The average Bonchev–Trinajstić information content (AvgIpc) is 0. The zero-order chi connectivity index (χ0) is 0. The molecule has 0 spiro atoms. The summed E-state index contributed by atoms with van der Waals surface area (Å²) in [6, 6.07) is 0. The standard InChI is InChI=1S/CH4.La.H3N.Y/h1H4;;1H3;. The van der Waals surface area contributed by atoms with E-state index in [2.05, 4.69) is 0 Å². The van der Waals surface area contributed by atoms with E-state index in [0.717, 1.165) is 0 Å². The third-order valence-corrected chi connectivity index (χ3v) is 0. The summed E-state index contributed by atoms with van der Waals surface area (Å²) in [5, 5.41) is 0. The Labute approximate surface area is 80.4 Å². The molecular weight excluding hydrogens is 254 g/mol. The van der Waals surface area contributed by atoms with Gasteiger partial charge in [0.25, 0.3) is 0 Å². The second kappa shape index (κ2) is 18.7. The van der Waals surface area contributed by atoms with Crippen molar-refractivity contribution in [1.29, 1.82) is 0 Å². The van der Waals surface area contributed by atoms with Gasteiger partial charge in [-0.15, -0.1) is 0 Å². The van der Waals surface area contributed by atoms with Crippen molar-refractivity contribution in [2.75, 3.05) is 0 Å². The van der Waals surface area contributed by atoms with Crippen LogP contribution in [-0.2, 0) is 32.7 Å². The molecule has 0 heterocycles. The van der Waals surface area contributed by atoms with Crippen molar-refractivity contribution in [2.24, 2.45) is 0 Å². The Kier molecular flexibility index (Phi) is 159. The zero-order valence-electron chi connectivity index (χ0n) is 1.86. The maximum absolute atomic E-state index is 0. The van der Waals surface area contributed by atoms with Crippen molar-refractivity contribution in [1.82, 2.24) is 6.15 Å². The Morgan fingerprint density at radius 1 is 1.00 bits per heavy atom. The molecule has 0 aromatic carbocycles. The molecular formula is CH7LaNY. The summed E-state index contributed by atoms with van der Waals surface area (Å²) in [7, 11) is 0. The molecule has 1 nitrogen and oxygen atoms in total. The predicted octanol–water partition coefficient (Wildman–Crippen LogP) is 0.796. The molecule has 0 saturated carbocycles. The van der Waals surface area contributed by atoms with E-state index < -0.39 is 0 Å².